The Labute approximate surface area is 144 Å². The molecule has 1 aliphatic rings. The van der Waals surface area contributed by atoms with Crippen molar-refractivity contribution in [2.75, 3.05) is 6.54 Å². The van der Waals surface area contributed by atoms with E-state index in [1.54, 1.807) is 25.2 Å². The fraction of sp³-hybridized carbons (Fsp3) is 0.389. The number of aryl methyl sites for hydroxylation is 3. The van der Waals surface area contributed by atoms with Crippen LogP contribution in [0.25, 0.3) is 11.1 Å². The van der Waals surface area contributed by atoms with Gasteiger partial charge >= 0.3 is 5.76 Å². The molecule has 1 aromatic carbocycles. The monoisotopic (exact) mass is 340 g/mol. The highest BCUT2D eigenvalue weighted by atomic mass is 16.4. The van der Waals surface area contributed by atoms with Gasteiger partial charge in [-0.15, -0.1) is 0 Å². The van der Waals surface area contributed by atoms with E-state index in [0.29, 0.717) is 23.2 Å². The van der Waals surface area contributed by atoms with Gasteiger partial charge in [-0.25, -0.2) is 9.78 Å². The first-order valence-corrected chi connectivity index (χ1v) is 8.36. The molecule has 1 amide bonds. The zero-order valence-corrected chi connectivity index (χ0v) is 14.5. The van der Waals surface area contributed by atoms with Crippen molar-refractivity contribution >= 4 is 17.0 Å². The summed E-state index contributed by atoms with van der Waals surface area (Å²) in [6.45, 7) is 2.66. The van der Waals surface area contributed by atoms with Crippen molar-refractivity contribution in [2.45, 2.75) is 25.8 Å². The van der Waals surface area contributed by atoms with Crippen LogP contribution >= 0.6 is 0 Å². The molecular formula is C18H20N4O3. The van der Waals surface area contributed by atoms with E-state index in [2.05, 4.69) is 4.98 Å². The third-order valence-electron chi connectivity index (χ3n) is 4.88. The van der Waals surface area contributed by atoms with Crippen LogP contribution < -0.4 is 5.76 Å². The van der Waals surface area contributed by atoms with Gasteiger partial charge in [0.2, 0.25) is 0 Å². The Morgan fingerprint density at radius 3 is 2.84 bits per heavy atom. The quantitative estimate of drug-likeness (QED) is 0.716. The van der Waals surface area contributed by atoms with Gasteiger partial charge in [0, 0.05) is 32.4 Å². The van der Waals surface area contributed by atoms with Crippen molar-refractivity contribution in [3.8, 4) is 0 Å². The Balaban J connectivity index is 1.71. The number of rotatable bonds is 2. The van der Waals surface area contributed by atoms with Crippen LogP contribution in [0, 0.1) is 6.92 Å². The summed E-state index contributed by atoms with van der Waals surface area (Å²) >= 11 is 0. The van der Waals surface area contributed by atoms with Crippen molar-refractivity contribution < 1.29 is 9.21 Å². The molecule has 1 aliphatic heterocycles. The van der Waals surface area contributed by atoms with E-state index in [1.807, 2.05) is 29.6 Å². The molecule has 130 valence electrons. The lowest BCUT2D eigenvalue weighted by Gasteiger charge is -2.24. The molecule has 0 saturated carbocycles. The van der Waals surface area contributed by atoms with E-state index in [9.17, 15) is 9.59 Å². The Morgan fingerprint density at radius 2 is 2.12 bits per heavy atom. The Morgan fingerprint density at radius 1 is 1.32 bits per heavy atom. The number of imidazole rings is 1. The fourth-order valence-corrected chi connectivity index (χ4v) is 3.65. The third kappa shape index (κ3) is 2.47. The Hall–Kier alpha value is -2.83. The molecule has 1 atom stereocenters. The average molecular weight is 340 g/mol. The molecule has 0 bridgehead atoms. The van der Waals surface area contributed by atoms with Crippen molar-refractivity contribution in [1.82, 2.24) is 19.0 Å². The van der Waals surface area contributed by atoms with Crippen LogP contribution in [-0.2, 0) is 14.1 Å². The van der Waals surface area contributed by atoms with Crippen molar-refractivity contribution in [2.24, 2.45) is 14.1 Å². The number of oxazole rings is 1. The number of carbonyl (C=O) groups is 1. The summed E-state index contributed by atoms with van der Waals surface area (Å²) in [7, 11) is 3.60. The van der Waals surface area contributed by atoms with E-state index in [-0.39, 0.29) is 11.9 Å². The lowest BCUT2D eigenvalue weighted by atomic mass is 10.1. The van der Waals surface area contributed by atoms with E-state index in [0.717, 1.165) is 24.4 Å². The molecule has 3 aromatic rings. The summed E-state index contributed by atoms with van der Waals surface area (Å²) in [5.41, 5.74) is 2.62. The highest BCUT2D eigenvalue weighted by molar-refractivity contribution is 5.97. The highest BCUT2D eigenvalue weighted by Gasteiger charge is 2.33. The lowest BCUT2D eigenvalue weighted by Crippen LogP contribution is -2.31. The summed E-state index contributed by atoms with van der Waals surface area (Å²) in [6.07, 6.45) is 3.83. The first kappa shape index (κ1) is 15.7. The van der Waals surface area contributed by atoms with Gasteiger partial charge in [-0.2, -0.15) is 0 Å². The molecule has 0 radical (unpaired) electrons. The van der Waals surface area contributed by atoms with Gasteiger partial charge in [0.05, 0.1) is 17.3 Å². The Bertz CT molecular complexity index is 1030. The molecule has 0 aliphatic carbocycles. The number of nitrogens with zero attached hydrogens (tertiary/aromatic N) is 4. The Kier molecular flexibility index (Phi) is 3.52. The second kappa shape index (κ2) is 5.61. The minimum atomic E-state index is -0.429. The summed E-state index contributed by atoms with van der Waals surface area (Å²) < 4.78 is 8.54. The van der Waals surface area contributed by atoms with E-state index < -0.39 is 5.76 Å². The molecule has 1 unspecified atom stereocenters. The molecule has 7 heteroatoms. The molecule has 7 nitrogen and oxygen atoms in total. The van der Waals surface area contributed by atoms with Crippen LogP contribution in [0.1, 0.15) is 40.8 Å². The van der Waals surface area contributed by atoms with Gasteiger partial charge in [-0.05, 0) is 38.0 Å². The van der Waals surface area contributed by atoms with Gasteiger partial charge in [-0.3, -0.25) is 9.36 Å². The molecule has 4 rings (SSSR count). The smallest absolute Gasteiger partial charge is 0.408 e. The van der Waals surface area contributed by atoms with E-state index in [4.69, 9.17) is 4.42 Å². The summed E-state index contributed by atoms with van der Waals surface area (Å²) in [5.74, 6) is 0.445. The number of fused-ring (bicyclic) bond motifs is 1. The van der Waals surface area contributed by atoms with Crippen LogP contribution in [-0.4, -0.2) is 31.5 Å². The first-order valence-electron chi connectivity index (χ1n) is 8.36. The molecule has 25 heavy (non-hydrogen) atoms. The minimum absolute atomic E-state index is 0.0185. The molecule has 1 fully saturated rings. The predicted molar refractivity (Wildman–Crippen MR) is 92.4 cm³/mol. The lowest BCUT2D eigenvalue weighted by molar-refractivity contribution is 0.0728. The molecule has 1 saturated heterocycles. The topological polar surface area (TPSA) is 73.3 Å². The van der Waals surface area contributed by atoms with Gasteiger partial charge in [0.25, 0.3) is 5.91 Å². The molecule has 0 spiro atoms. The van der Waals surface area contributed by atoms with Gasteiger partial charge in [-0.1, -0.05) is 0 Å². The van der Waals surface area contributed by atoms with Crippen molar-refractivity contribution in [3.63, 3.8) is 0 Å². The molecular weight excluding hydrogens is 320 g/mol. The van der Waals surface area contributed by atoms with E-state index >= 15 is 0 Å². The fourth-order valence-electron chi connectivity index (χ4n) is 3.65. The summed E-state index contributed by atoms with van der Waals surface area (Å²) in [5, 5.41) is 0. The largest absolute Gasteiger partial charge is 0.419 e. The number of benzene rings is 1. The highest BCUT2D eigenvalue weighted by Crippen LogP contribution is 2.32. The number of hydrogen-bond donors (Lipinski definition) is 0. The average Bonchev–Trinajstić information content (AvgIpc) is 3.26. The number of aromatic nitrogens is 3. The van der Waals surface area contributed by atoms with Gasteiger partial charge < -0.3 is 13.9 Å². The van der Waals surface area contributed by atoms with Gasteiger partial charge in [0.1, 0.15) is 5.82 Å². The minimum Gasteiger partial charge on any atom is -0.408 e. The zero-order valence-electron chi connectivity index (χ0n) is 14.5. The maximum absolute atomic E-state index is 13.1. The standard InChI is InChI=1S/C18H20N4O3/c1-11-10-20(2)16(19-11)13-5-4-8-22(13)17(23)12-6-7-15-14(9-12)21(3)18(24)25-15/h6-7,9-10,13H,4-5,8H2,1-3H3. The number of hydrogen-bond acceptors (Lipinski definition) is 4. The number of amides is 1. The SMILES string of the molecule is Cc1cn(C)c(C2CCCN2C(=O)c2ccc3oc(=O)n(C)c3c2)n1. The number of likely N-dealkylation sites (tertiary alicyclic amines) is 1. The molecule has 0 N–H and O–H groups in total. The second-order valence-corrected chi connectivity index (χ2v) is 6.62. The number of carbonyl (C=O) groups excluding carboxylic acids is 1. The first-order chi connectivity index (χ1) is 12.0. The molecule has 2 aromatic heterocycles. The van der Waals surface area contributed by atoms with Gasteiger partial charge in [0.15, 0.2) is 5.58 Å². The predicted octanol–water partition coefficient (Wildman–Crippen LogP) is 2.15. The van der Waals surface area contributed by atoms with Crippen LogP contribution in [0.15, 0.2) is 33.6 Å². The van der Waals surface area contributed by atoms with Crippen molar-refractivity contribution in [1.29, 1.82) is 0 Å². The second-order valence-electron chi connectivity index (χ2n) is 6.62. The van der Waals surface area contributed by atoms with Crippen LogP contribution in [0.4, 0.5) is 0 Å². The van der Waals surface area contributed by atoms with Crippen molar-refractivity contribution in [3.05, 3.63) is 52.0 Å². The van der Waals surface area contributed by atoms with Crippen LogP contribution in [0.2, 0.25) is 0 Å². The maximum atomic E-state index is 13.1. The zero-order chi connectivity index (χ0) is 17.7. The normalized spacial score (nSPS) is 17.6. The van der Waals surface area contributed by atoms with Crippen LogP contribution in [0.5, 0.6) is 0 Å². The van der Waals surface area contributed by atoms with E-state index in [1.165, 1.54) is 4.57 Å². The maximum Gasteiger partial charge on any atom is 0.419 e. The molecule has 3 heterocycles. The third-order valence-corrected chi connectivity index (χ3v) is 4.88. The summed E-state index contributed by atoms with van der Waals surface area (Å²) in [4.78, 5) is 31.2. The summed E-state index contributed by atoms with van der Waals surface area (Å²) in [6, 6.07) is 5.10. The van der Waals surface area contributed by atoms with Crippen LogP contribution in [0.3, 0.4) is 0 Å².